The van der Waals surface area contributed by atoms with Crippen molar-refractivity contribution in [2.75, 3.05) is 13.6 Å². The summed E-state index contributed by atoms with van der Waals surface area (Å²) in [6, 6.07) is 5.97. The van der Waals surface area contributed by atoms with Crippen LogP contribution in [0.3, 0.4) is 0 Å². The lowest BCUT2D eigenvalue weighted by atomic mass is 10.2. The second-order valence-corrected chi connectivity index (χ2v) is 5.54. The highest BCUT2D eigenvalue weighted by Crippen LogP contribution is 2.15. The minimum Gasteiger partial charge on any atom is -0.295 e. The molecule has 0 atom stereocenters. The van der Waals surface area contributed by atoms with Crippen LogP contribution in [0.15, 0.2) is 29.2 Å². The Morgan fingerprint density at radius 2 is 1.75 bits per heavy atom. The standard InChI is InChI=1S/C11H15NO3S/c1-4-12(3)16(14,15)11-7-5-10(6-8-11)9(2)13/h5-8H,4H2,1-3H3. The zero-order valence-corrected chi connectivity index (χ0v) is 10.4. The van der Waals surface area contributed by atoms with Crippen LogP contribution in [0.1, 0.15) is 24.2 Å². The summed E-state index contributed by atoms with van der Waals surface area (Å²) in [6.07, 6.45) is 0. The molecule has 0 N–H and O–H groups in total. The van der Waals surface area contributed by atoms with Gasteiger partial charge in [-0.1, -0.05) is 19.1 Å². The third kappa shape index (κ3) is 2.48. The number of ketones is 1. The summed E-state index contributed by atoms with van der Waals surface area (Å²) in [6.45, 7) is 3.62. The Labute approximate surface area is 95.9 Å². The minimum absolute atomic E-state index is 0.0761. The van der Waals surface area contributed by atoms with Gasteiger partial charge in [0.25, 0.3) is 0 Å². The molecule has 0 heterocycles. The van der Waals surface area contributed by atoms with Gasteiger partial charge in [-0.05, 0) is 19.1 Å². The molecule has 16 heavy (non-hydrogen) atoms. The Morgan fingerprint density at radius 3 is 2.12 bits per heavy atom. The SMILES string of the molecule is CCN(C)S(=O)(=O)c1ccc(C(C)=O)cc1. The first-order valence-corrected chi connectivity index (χ1v) is 6.41. The highest BCUT2D eigenvalue weighted by molar-refractivity contribution is 7.89. The molecule has 1 aromatic rings. The third-order valence-electron chi connectivity index (χ3n) is 2.41. The minimum atomic E-state index is -3.41. The Balaban J connectivity index is 3.12. The molecule has 0 aliphatic carbocycles. The average molecular weight is 241 g/mol. The maximum Gasteiger partial charge on any atom is 0.242 e. The van der Waals surface area contributed by atoms with Gasteiger partial charge >= 0.3 is 0 Å². The molecule has 4 nitrogen and oxygen atoms in total. The Hall–Kier alpha value is -1.20. The van der Waals surface area contributed by atoms with Gasteiger partial charge in [-0.25, -0.2) is 12.7 Å². The number of sulfonamides is 1. The monoisotopic (exact) mass is 241 g/mol. The Morgan fingerprint density at radius 1 is 1.25 bits per heavy atom. The first kappa shape index (κ1) is 12.9. The van der Waals surface area contributed by atoms with E-state index in [4.69, 9.17) is 0 Å². The lowest BCUT2D eigenvalue weighted by Crippen LogP contribution is -2.26. The van der Waals surface area contributed by atoms with Crippen molar-refractivity contribution >= 4 is 15.8 Å². The maximum absolute atomic E-state index is 11.9. The van der Waals surface area contributed by atoms with Gasteiger partial charge in [-0.3, -0.25) is 4.79 Å². The van der Waals surface area contributed by atoms with Crippen LogP contribution in [0.4, 0.5) is 0 Å². The summed E-state index contributed by atoms with van der Waals surface area (Å²) in [5.41, 5.74) is 0.512. The fourth-order valence-corrected chi connectivity index (χ4v) is 2.39. The molecular formula is C11H15NO3S. The van der Waals surface area contributed by atoms with E-state index in [0.717, 1.165) is 0 Å². The van der Waals surface area contributed by atoms with Gasteiger partial charge in [0.2, 0.25) is 10.0 Å². The molecule has 0 aliphatic heterocycles. The van der Waals surface area contributed by atoms with Crippen molar-refractivity contribution in [3.8, 4) is 0 Å². The quantitative estimate of drug-likeness (QED) is 0.751. The number of carbonyl (C=O) groups excluding carboxylic acids is 1. The molecule has 0 fully saturated rings. The first-order valence-electron chi connectivity index (χ1n) is 4.97. The third-order valence-corrected chi connectivity index (χ3v) is 4.36. The number of benzene rings is 1. The van der Waals surface area contributed by atoms with Crippen LogP contribution in [0.5, 0.6) is 0 Å². The van der Waals surface area contributed by atoms with Gasteiger partial charge in [0, 0.05) is 19.2 Å². The van der Waals surface area contributed by atoms with E-state index >= 15 is 0 Å². The summed E-state index contributed by atoms with van der Waals surface area (Å²) in [5, 5.41) is 0. The molecule has 0 unspecified atom stereocenters. The molecule has 88 valence electrons. The van der Waals surface area contributed by atoms with Gasteiger partial charge in [0.15, 0.2) is 5.78 Å². The summed E-state index contributed by atoms with van der Waals surface area (Å²) in [7, 11) is -1.89. The van der Waals surface area contributed by atoms with E-state index in [9.17, 15) is 13.2 Å². The van der Waals surface area contributed by atoms with Crippen LogP contribution in [0.2, 0.25) is 0 Å². The number of hydrogen-bond acceptors (Lipinski definition) is 3. The molecule has 0 aliphatic rings. The van der Waals surface area contributed by atoms with Gasteiger partial charge < -0.3 is 0 Å². The number of Topliss-reactive ketones (excluding diaryl/α,β-unsaturated/α-hetero) is 1. The van der Waals surface area contributed by atoms with Crippen LogP contribution in [0, 0.1) is 0 Å². The van der Waals surface area contributed by atoms with E-state index in [-0.39, 0.29) is 10.7 Å². The van der Waals surface area contributed by atoms with E-state index < -0.39 is 10.0 Å². The van der Waals surface area contributed by atoms with E-state index in [1.54, 1.807) is 6.92 Å². The fraction of sp³-hybridized carbons (Fsp3) is 0.364. The van der Waals surface area contributed by atoms with Crippen LogP contribution in [-0.4, -0.2) is 32.1 Å². The van der Waals surface area contributed by atoms with E-state index in [1.165, 1.54) is 42.5 Å². The zero-order chi connectivity index (χ0) is 12.3. The second-order valence-electron chi connectivity index (χ2n) is 3.50. The van der Waals surface area contributed by atoms with E-state index in [0.29, 0.717) is 12.1 Å². The van der Waals surface area contributed by atoms with Crippen molar-refractivity contribution in [2.45, 2.75) is 18.7 Å². The van der Waals surface area contributed by atoms with Gasteiger partial charge in [-0.2, -0.15) is 0 Å². The van der Waals surface area contributed by atoms with Crippen LogP contribution in [0.25, 0.3) is 0 Å². The molecule has 1 aromatic carbocycles. The smallest absolute Gasteiger partial charge is 0.242 e. The van der Waals surface area contributed by atoms with E-state index in [2.05, 4.69) is 0 Å². The van der Waals surface area contributed by atoms with Crippen molar-refractivity contribution in [1.82, 2.24) is 4.31 Å². The van der Waals surface area contributed by atoms with Gasteiger partial charge in [-0.15, -0.1) is 0 Å². The maximum atomic E-state index is 11.9. The Kier molecular flexibility index (Phi) is 3.83. The molecule has 0 saturated heterocycles. The van der Waals surface area contributed by atoms with Crippen LogP contribution < -0.4 is 0 Å². The topological polar surface area (TPSA) is 54.5 Å². The van der Waals surface area contributed by atoms with Gasteiger partial charge in [0.05, 0.1) is 4.90 Å². The average Bonchev–Trinajstić information content (AvgIpc) is 2.28. The van der Waals surface area contributed by atoms with Gasteiger partial charge in [0.1, 0.15) is 0 Å². The molecule has 0 radical (unpaired) electrons. The fourth-order valence-electron chi connectivity index (χ4n) is 1.21. The molecule has 0 bridgehead atoms. The predicted molar refractivity (Wildman–Crippen MR) is 61.9 cm³/mol. The molecule has 0 spiro atoms. The Bertz CT molecular complexity index is 476. The highest BCUT2D eigenvalue weighted by Gasteiger charge is 2.18. The molecule has 0 amide bonds. The number of hydrogen-bond donors (Lipinski definition) is 0. The van der Waals surface area contributed by atoms with Crippen LogP contribution >= 0.6 is 0 Å². The van der Waals surface area contributed by atoms with Crippen molar-refractivity contribution < 1.29 is 13.2 Å². The summed E-state index contributed by atoms with van der Waals surface area (Å²) in [5.74, 6) is -0.0761. The lowest BCUT2D eigenvalue weighted by Gasteiger charge is -2.14. The summed E-state index contributed by atoms with van der Waals surface area (Å²) < 4.78 is 25.0. The number of nitrogens with zero attached hydrogens (tertiary/aromatic N) is 1. The first-order chi connectivity index (χ1) is 7.39. The summed E-state index contributed by atoms with van der Waals surface area (Å²) in [4.78, 5) is 11.2. The molecule has 0 aromatic heterocycles. The lowest BCUT2D eigenvalue weighted by molar-refractivity contribution is 0.101. The molecular weight excluding hydrogens is 226 g/mol. The second kappa shape index (κ2) is 4.76. The highest BCUT2D eigenvalue weighted by atomic mass is 32.2. The molecule has 1 rings (SSSR count). The predicted octanol–water partition coefficient (Wildman–Crippen LogP) is 1.53. The van der Waals surface area contributed by atoms with Crippen molar-refractivity contribution in [3.05, 3.63) is 29.8 Å². The van der Waals surface area contributed by atoms with Crippen molar-refractivity contribution in [1.29, 1.82) is 0 Å². The molecule has 0 saturated carbocycles. The summed E-state index contributed by atoms with van der Waals surface area (Å²) >= 11 is 0. The van der Waals surface area contributed by atoms with Crippen molar-refractivity contribution in [2.24, 2.45) is 0 Å². The van der Waals surface area contributed by atoms with E-state index in [1.807, 2.05) is 0 Å². The number of rotatable bonds is 4. The molecule has 5 heteroatoms. The van der Waals surface area contributed by atoms with Crippen LogP contribution in [-0.2, 0) is 10.0 Å². The zero-order valence-electron chi connectivity index (χ0n) is 9.60. The number of carbonyl (C=O) groups is 1. The largest absolute Gasteiger partial charge is 0.295 e. The normalized spacial score (nSPS) is 11.8. The van der Waals surface area contributed by atoms with Crippen molar-refractivity contribution in [3.63, 3.8) is 0 Å².